The second-order valence-corrected chi connectivity index (χ2v) is 9.55. The normalized spacial score (nSPS) is 15.3. The molecule has 0 atom stereocenters. The summed E-state index contributed by atoms with van der Waals surface area (Å²) < 4.78 is 46.2. The van der Waals surface area contributed by atoms with Gasteiger partial charge in [-0.3, -0.25) is 4.72 Å². The van der Waals surface area contributed by atoms with Gasteiger partial charge in [0.05, 0.1) is 10.7 Å². The smallest absolute Gasteiger partial charge is 0.271 e. The minimum atomic E-state index is -3.84. The number of nitrogens with zero attached hydrogens (tertiary/aromatic N) is 2. The Kier molecular flexibility index (Phi) is 4.92. The molecule has 10 heteroatoms. The van der Waals surface area contributed by atoms with E-state index in [-0.39, 0.29) is 20.8 Å². The molecule has 2 aromatic heterocycles. The van der Waals surface area contributed by atoms with Crippen LogP contribution in [0.3, 0.4) is 0 Å². The number of benzene rings is 1. The van der Waals surface area contributed by atoms with Gasteiger partial charge in [-0.05, 0) is 37.1 Å². The number of nitrogens with one attached hydrogen (secondary N) is 1. The molecule has 2 heterocycles. The molecule has 0 amide bonds. The van der Waals surface area contributed by atoms with Crippen LogP contribution in [-0.2, 0) is 10.0 Å². The minimum Gasteiger partial charge on any atom is -0.339 e. The Hall–Kier alpha value is -1.97. The summed E-state index contributed by atoms with van der Waals surface area (Å²) in [4.78, 5) is 4.42. The molecular formula is C17H15ClFN3O3S2. The summed E-state index contributed by atoms with van der Waals surface area (Å²) in [6.45, 7) is 0. The van der Waals surface area contributed by atoms with Crippen molar-refractivity contribution in [3.8, 4) is 11.4 Å². The highest BCUT2D eigenvalue weighted by Crippen LogP contribution is 2.35. The molecule has 0 aliphatic heterocycles. The van der Waals surface area contributed by atoms with Crippen molar-refractivity contribution in [3.63, 3.8) is 0 Å². The summed E-state index contributed by atoms with van der Waals surface area (Å²) in [6.07, 6.45) is 4.38. The van der Waals surface area contributed by atoms with Crippen molar-refractivity contribution in [2.45, 2.75) is 35.8 Å². The quantitative estimate of drug-likeness (QED) is 0.615. The van der Waals surface area contributed by atoms with Crippen LogP contribution in [0.25, 0.3) is 11.4 Å². The molecule has 142 valence electrons. The molecule has 1 saturated carbocycles. The largest absolute Gasteiger partial charge is 0.339 e. The summed E-state index contributed by atoms with van der Waals surface area (Å²) in [6, 6.07) is 5.11. The van der Waals surface area contributed by atoms with Crippen molar-refractivity contribution in [2.24, 2.45) is 0 Å². The van der Waals surface area contributed by atoms with E-state index in [9.17, 15) is 12.8 Å². The fourth-order valence-electron chi connectivity index (χ4n) is 3.03. The molecule has 0 bridgehead atoms. The average Bonchev–Trinajstić information content (AvgIpc) is 3.38. The van der Waals surface area contributed by atoms with Gasteiger partial charge in [-0.15, -0.1) is 11.3 Å². The minimum absolute atomic E-state index is 0.0881. The first-order valence-corrected chi connectivity index (χ1v) is 11.1. The van der Waals surface area contributed by atoms with Crippen LogP contribution < -0.4 is 4.72 Å². The Balaban J connectivity index is 1.55. The van der Waals surface area contributed by atoms with E-state index in [1.54, 1.807) is 5.38 Å². The van der Waals surface area contributed by atoms with Crippen molar-refractivity contribution >= 4 is 38.6 Å². The molecule has 0 spiro atoms. The number of hydrogen-bond donors (Lipinski definition) is 1. The lowest BCUT2D eigenvalue weighted by molar-refractivity contribution is 0.354. The van der Waals surface area contributed by atoms with Gasteiger partial charge < -0.3 is 4.52 Å². The van der Waals surface area contributed by atoms with Gasteiger partial charge in [0.2, 0.25) is 11.7 Å². The summed E-state index contributed by atoms with van der Waals surface area (Å²) in [5.41, 5.74) is 0.755. The van der Waals surface area contributed by atoms with Crippen molar-refractivity contribution in [3.05, 3.63) is 46.4 Å². The molecule has 0 radical (unpaired) electrons. The Morgan fingerprint density at radius 3 is 2.78 bits per heavy atom. The van der Waals surface area contributed by atoms with Gasteiger partial charge in [0, 0.05) is 16.9 Å². The van der Waals surface area contributed by atoms with Gasteiger partial charge in [-0.2, -0.15) is 4.98 Å². The van der Waals surface area contributed by atoms with E-state index >= 15 is 0 Å². The third kappa shape index (κ3) is 3.85. The van der Waals surface area contributed by atoms with Crippen LogP contribution in [0.5, 0.6) is 0 Å². The molecule has 1 aliphatic rings. The maximum absolute atomic E-state index is 13.2. The fraction of sp³-hybridized carbons (Fsp3) is 0.294. The Bertz CT molecular complexity index is 1070. The van der Waals surface area contributed by atoms with Gasteiger partial charge in [-0.1, -0.05) is 29.6 Å². The molecule has 3 aromatic rings. The Labute approximate surface area is 164 Å². The number of hydrogen-bond acceptors (Lipinski definition) is 6. The van der Waals surface area contributed by atoms with E-state index in [2.05, 4.69) is 14.9 Å². The van der Waals surface area contributed by atoms with E-state index in [4.69, 9.17) is 16.1 Å². The number of halogens is 2. The SMILES string of the molecule is O=S(=O)(Nc1ccc(F)c(Cl)c1)c1cc(-c2noc(C3CCCC3)n2)cs1. The maximum atomic E-state index is 13.2. The molecule has 6 nitrogen and oxygen atoms in total. The molecule has 27 heavy (non-hydrogen) atoms. The zero-order valence-electron chi connectivity index (χ0n) is 14.0. The summed E-state index contributed by atoms with van der Waals surface area (Å²) in [5, 5.41) is 5.48. The van der Waals surface area contributed by atoms with Crippen molar-refractivity contribution in [2.75, 3.05) is 4.72 Å². The molecule has 1 N–H and O–H groups in total. The van der Waals surface area contributed by atoms with Gasteiger partial charge >= 0.3 is 0 Å². The second-order valence-electron chi connectivity index (χ2n) is 6.33. The lowest BCUT2D eigenvalue weighted by Gasteiger charge is -2.06. The van der Waals surface area contributed by atoms with E-state index in [1.165, 1.54) is 18.2 Å². The Morgan fingerprint density at radius 1 is 1.26 bits per heavy atom. The molecule has 1 aromatic carbocycles. The molecule has 0 unspecified atom stereocenters. The van der Waals surface area contributed by atoms with E-state index < -0.39 is 15.8 Å². The lowest BCUT2D eigenvalue weighted by Crippen LogP contribution is -2.11. The third-order valence-electron chi connectivity index (χ3n) is 4.42. The van der Waals surface area contributed by atoms with E-state index in [0.29, 0.717) is 17.3 Å². The summed E-state index contributed by atoms with van der Waals surface area (Å²) >= 11 is 6.74. The highest BCUT2D eigenvalue weighted by atomic mass is 35.5. The maximum Gasteiger partial charge on any atom is 0.271 e. The van der Waals surface area contributed by atoms with Crippen molar-refractivity contribution in [1.82, 2.24) is 10.1 Å². The van der Waals surface area contributed by atoms with Gasteiger partial charge in [-0.25, -0.2) is 12.8 Å². The lowest BCUT2D eigenvalue weighted by atomic mass is 10.1. The van der Waals surface area contributed by atoms with Crippen LogP contribution in [0.1, 0.15) is 37.5 Å². The number of sulfonamides is 1. The van der Waals surface area contributed by atoms with Crippen LogP contribution >= 0.6 is 22.9 Å². The molecule has 4 rings (SSSR count). The fourth-order valence-corrected chi connectivity index (χ4v) is 5.42. The number of aromatic nitrogens is 2. The van der Waals surface area contributed by atoms with Crippen molar-refractivity contribution < 1.29 is 17.3 Å². The zero-order valence-corrected chi connectivity index (χ0v) is 16.4. The summed E-state index contributed by atoms with van der Waals surface area (Å²) in [5.74, 6) is 0.655. The van der Waals surface area contributed by atoms with Crippen LogP contribution in [0.4, 0.5) is 10.1 Å². The first kappa shape index (κ1) is 18.4. The first-order chi connectivity index (χ1) is 12.9. The topological polar surface area (TPSA) is 85.1 Å². The standard InChI is InChI=1S/C17H15ClFN3O3S2/c18-13-8-12(5-6-14(13)19)22-27(23,24)15-7-11(9-26-15)16-20-17(25-21-16)10-3-1-2-4-10/h5-10,22H,1-4H2. The highest BCUT2D eigenvalue weighted by Gasteiger charge is 2.24. The van der Waals surface area contributed by atoms with Crippen molar-refractivity contribution in [1.29, 1.82) is 0 Å². The molecular weight excluding hydrogens is 413 g/mol. The van der Waals surface area contributed by atoms with Gasteiger partial charge in [0.15, 0.2) is 0 Å². The van der Waals surface area contributed by atoms with Gasteiger partial charge in [0.25, 0.3) is 10.0 Å². The monoisotopic (exact) mass is 427 g/mol. The number of rotatable bonds is 5. The molecule has 1 fully saturated rings. The van der Waals surface area contributed by atoms with Crippen LogP contribution in [0.15, 0.2) is 38.4 Å². The second kappa shape index (κ2) is 7.21. The van der Waals surface area contributed by atoms with E-state index in [0.717, 1.165) is 43.1 Å². The third-order valence-corrected chi connectivity index (χ3v) is 7.53. The van der Waals surface area contributed by atoms with Gasteiger partial charge in [0.1, 0.15) is 10.0 Å². The predicted molar refractivity (Wildman–Crippen MR) is 101 cm³/mol. The Morgan fingerprint density at radius 2 is 2.04 bits per heavy atom. The van der Waals surface area contributed by atoms with Crippen LogP contribution in [-0.4, -0.2) is 18.6 Å². The molecule has 1 aliphatic carbocycles. The number of thiophene rings is 1. The first-order valence-electron chi connectivity index (χ1n) is 8.33. The summed E-state index contributed by atoms with van der Waals surface area (Å²) in [7, 11) is -3.84. The predicted octanol–water partition coefficient (Wildman–Crippen LogP) is 5.05. The van der Waals surface area contributed by atoms with Crippen LogP contribution in [0, 0.1) is 5.82 Å². The van der Waals surface area contributed by atoms with Crippen LogP contribution in [0.2, 0.25) is 5.02 Å². The highest BCUT2D eigenvalue weighted by molar-refractivity contribution is 7.94. The van der Waals surface area contributed by atoms with E-state index in [1.807, 2.05) is 0 Å². The zero-order chi connectivity index (χ0) is 19.0. The molecule has 0 saturated heterocycles. The average molecular weight is 428 g/mol. The number of anilines is 1.